The molecule has 0 fully saturated rings. The molecule has 1 amide bonds. The molecule has 2 aromatic rings. The van der Waals surface area contributed by atoms with E-state index >= 15 is 0 Å². The van der Waals surface area contributed by atoms with Crippen LogP contribution in [0.5, 0.6) is 5.75 Å². The molecule has 88 valence electrons. The molecule has 0 aliphatic rings. The Labute approximate surface area is 106 Å². The summed E-state index contributed by atoms with van der Waals surface area (Å²) in [7, 11) is 1.52. The van der Waals surface area contributed by atoms with Gasteiger partial charge in [-0.25, -0.2) is 0 Å². The number of amides is 1. The van der Waals surface area contributed by atoms with Crippen LogP contribution in [0, 0.1) is 0 Å². The Kier molecular flexibility index (Phi) is 3.43. The van der Waals surface area contributed by atoms with Gasteiger partial charge in [-0.2, -0.15) is 5.10 Å². The van der Waals surface area contributed by atoms with Crippen LogP contribution in [0.4, 0.5) is 5.82 Å². The summed E-state index contributed by atoms with van der Waals surface area (Å²) in [4.78, 5) is 11.9. The quantitative estimate of drug-likeness (QED) is 0.914. The number of carbonyl (C=O) groups excluding carboxylic acids is 1. The van der Waals surface area contributed by atoms with E-state index in [-0.39, 0.29) is 5.91 Å². The summed E-state index contributed by atoms with van der Waals surface area (Å²) in [6.45, 7) is 0. The van der Waals surface area contributed by atoms with Gasteiger partial charge < -0.3 is 10.1 Å². The first-order chi connectivity index (χ1) is 8.20. The first-order valence-corrected chi connectivity index (χ1v) is 5.64. The minimum atomic E-state index is -0.251. The third-order valence-electron chi connectivity index (χ3n) is 2.16. The van der Waals surface area contributed by atoms with Gasteiger partial charge in [0.25, 0.3) is 5.91 Å². The molecular weight excluding hydrogens is 286 g/mol. The average Bonchev–Trinajstić information content (AvgIpc) is 2.81. The van der Waals surface area contributed by atoms with Gasteiger partial charge in [-0.1, -0.05) is 15.9 Å². The fraction of sp³-hybridized carbons (Fsp3) is 0.0909. The molecule has 1 heterocycles. The standard InChI is InChI=1S/C11H10BrN3O2/c1-17-9-6-7(12)2-3-8(9)11(16)14-10-4-5-13-15-10/h2-6H,1H3,(H2,13,14,15,16). The molecule has 1 aromatic carbocycles. The van der Waals surface area contributed by atoms with Crippen molar-refractivity contribution < 1.29 is 9.53 Å². The number of ether oxygens (including phenoxy) is 1. The average molecular weight is 296 g/mol. The number of carbonyl (C=O) groups is 1. The summed E-state index contributed by atoms with van der Waals surface area (Å²) in [6, 6.07) is 6.88. The predicted molar refractivity (Wildman–Crippen MR) is 67.2 cm³/mol. The highest BCUT2D eigenvalue weighted by molar-refractivity contribution is 9.10. The van der Waals surface area contributed by atoms with E-state index in [0.29, 0.717) is 17.1 Å². The summed E-state index contributed by atoms with van der Waals surface area (Å²) in [5.41, 5.74) is 0.463. The lowest BCUT2D eigenvalue weighted by atomic mass is 10.2. The van der Waals surface area contributed by atoms with Crippen LogP contribution in [0.3, 0.4) is 0 Å². The zero-order valence-electron chi connectivity index (χ0n) is 9.03. The van der Waals surface area contributed by atoms with E-state index in [4.69, 9.17) is 4.74 Å². The zero-order valence-corrected chi connectivity index (χ0v) is 10.6. The molecule has 17 heavy (non-hydrogen) atoms. The van der Waals surface area contributed by atoms with Crippen LogP contribution < -0.4 is 10.1 Å². The number of halogens is 1. The van der Waals surface area contributed by atoms with Crippen LogP contribution in [0.25, 0.3) is 0 Å². The lowest BCUT2D eigenvalue weighted by molar-refractivity contribution is 0.102. The number of rotatable bonds is 3. The van der Waals surface area contributed by atoms with Crippen molar-refractivity contribution in [1.82, 2.24) is 10.2 Å². The minimum absolute atomic E-state index is 0.251. The predicted octanol–water partition coefficient (Wildman–Crippen LogP) is 2.43. The van der Waals surface area contributed by atoms with Gasteiger partial charge in [0.1, 0.15) is 11.6 Å². The molecule has 0 aliphatic heterocycles. The molecule has 5 nitrogen and oxygen atoms in total. The normalized spacial score (nSPS) is 10.0. The van der Waals surface area contributed by atoms with Crippen LogP contribution in [0.1, 0.15) is 10.4 Å². The third kappa shape index (κ3) is 2.65. The Morgan fingerprint density at radius 2 is 2.29 bits per heavy atom. The Morgan fingerprint density at radius 1 is 1.47 bits per heavy atom. The van der Waals surface area contributed by atoms with Gasteiger partial charge in [0.2, 0.25) is 0 Å². The van der Waals surface area contributed by atoms with E-state index in [1.54, 1.807) is 30.5 Å². The van der Waals surface area contributed by atoms with Gasteiger partial charge in [-0.15, -0.1) is 0 Å². The molecule has 2 rings (SSSR count). The molecule has 2 N–H and O–H groups in total. The molecule has 0 saturated carbocycles. The van der Waals surface area contributed by atoms with Crippen molar-refractivity contribution in [2.24, 2.45) is 0 Å². The number of anilines is 1. The van der Waals surface area contributed by atoms with E-state index in [2.05, 4.69) is 31.4 Å². The third-order valence-corrected chi connectivity index (χ3v) is 2.65. The van der Waals surface area contributed by atoms with Crippen LogP contribution in [-0.4, -0.2) is 23.2 Å². The number of H-pyrrole nitrogens is 1. The Bertz CT molecular complexity index is 526. The lowest BCUT2D eigenvalue weighted by Crippen LogP contribution is -2.13. The Balaban J connectivity index is 2.24. The van der Waals surface area contributed by atoms with E-state index in [1.165, 1.54) is 7.11 Å². The summed E-state index contributed by atoms with van der Waals surface area (Å²) in [6.07, 6.45) is 1.56. The van der Waals surface area contributed by atoms with Crippen LogP contribution >= 0.6 is 15.9 Å². The fourth-order valence-corrected chi connectivity index (χ4v) is 1.71. The van der Waals surface area contributed by atoms with Gasteiger partial charge in [-0.05, 0) is 18.2 Å². The van der Waals surface area contributed by atoms with E-state index in [0.717, 1.165) is 4.47 Å². The Hall–Kier alpha value is -1.82. The van der Waals surface area contributed by atoms with Crippen LogP contribution in [-0.2, 0) is 0 Å². The molecule has 0 atom stereocenters. The zero-order chi connectivity index (χ0) is 12.3. The molecular formula is C11H10BrN3O2. The summed E-state index contributed by atoms with van der Waals surface area (Å²) >= 11 is 3.32. The number of methoxy groups -OCH3 is 1. The molecule has 1 aromatic heterocycles. The SMILES string of the molecule is COc1cc(Br)ccc1C(=O)Nc1ccn[nH]1. The second-order valence-electron chi connectivity index (χ2n) is 3.27. The van der Waals surface area contributed by atoms with Crippen molar-refractivity contribution in [3.05, 3.63) is 40.5 Å². The molecule has 0 unspecified atom stereocenters. The summed E-state index contributed by atoms with van der Waals surface area (Å²) < 4.78 is 6.00. The second-order valence-corrected chi connectivity index (χ2v) is 4.18. The molecule has 0 radical (unpaired) electrons. The number of aromatic nitrogens is 2. The number of hydrogen-bond donors (Lipinski definition) is 2. The number of hydrogen-bond acceptors (Lipinski definition) is 3. The summed E-state index contributed by atoms with van der Waals surface area (Å²) in [5, 5.41) is 9.08. The van der Waals surface area contributed by atoms with Crippen LogP contribution in [0.15, 0.2) is 34.9 Å². The topological polar surface area (TPSA) is 67.0 Å². The van der Waals surface area contributed by atoms with Gasteiger partial charge in [0.15, 0.2) is 0 Å². The molecule has 0 spiro atoms. The highest BCUT2D eigenvalue weighted by atomic mass is 79.9. The largest absolute Gasteiger partial charge is 0.496 e. The monoisotopic (exact) mass is 295 g/mol. The van der Waals surface area contributed by atoms with E-state index < -0.39 is 0 Å². The number of aromatic amines is 1. The molecule has 0 saturated heterocycles. The van der Waals surface area contributed by atoms with E-state index in [9.17, 15) is 4.79 Å². The second kappa shape index (κ2) is 5.01. The van der Waals surface area contributed by atoms with Crippen molar-refractivity contribution >= 4 is 27.7 Å². The van der Waals surface area contributed by atoms with Crippen LogP contribution in [0.2, 0.25) is 0 Å². The van der Waals surface area contributed by atoms with Crippen molar-refractivity contribution in [2.45, 2.75) is 0 Å². The number of nitrogens with one attached hydrogen (secondary N) is 2. The van der Waals surface area contributed by atoms with Crippen molar-refractivity contribution in [1.29, 1.82) is 0 Å². The molecule has 0 aliphatic carbocycles. The minimum Gasteiger partial charge on any atom is -0.496 e. The smallest absolute Gasteiger partial charge is 0.260 e. The molecule has 6 heteroatoms. The Morgan fingerprint density at radius 3 is 2.94 bits per heavy atom. The first-order valence-electron chi connectivity index (χ1n) is 4.85. The maximum atomic E-state index is 11.9. The summed E-state index contributed by atoms with van der Waals surface area (Å²) in [5.74, 6) is 0.801. The maximum absolute atomic E-state index is 11.9. The van der Waals surface area contributed by atoms with Gasteiger partial charge in [-0.3, -0.25) is 9.89 Å². The van der Waals surface area contributed by atoms with Gasteiger partial charge >= 0.3 is 0 Å². The molecule has 0 bridgehead atoms. The number of benzene rings is 1. The lowest BCUT2D eigenvalue weighted by Gasteiger charge is -2.08. The van der Waals surface area contributed by atoms with Crippen molar-refractivity contribution in [2.75, 3.05) is 12.4 Å². The maximum Gasteiger partial charge on any atom is 0.260 e. The van der Waals surface area contributed by atoms with Crippen molar-refractivity contribution in [3.8, 4) is 5.75 Å². The highest BCUT2D eigenvalue weighted by Crippen LogP contribution is 2.24. The van der Waals surface area contributed by atoms with Crippen molar-refractivity contribution in [3.63, 3.8) is 0 Å². The van der Waals surface area contributed by atoms with Gasteiger partial charge in [0, 0.05) is 10.5 Å². The number of nitrogens with zero attached hydrogens (tertiary/aromatic N) is 1. The fourth-order valence-electron chi connectivity index (χ4n) is 1.37. The highest BCUT2D eigenvalue weighted by Gasteiger charge is 2.12. The van der Waals surface area contributed by atoms with Gasteiger partial charge in [0.05, 0.1) is 18.9 Å². The first kappa shape index (κ1) is 11.7. The van der Waals surface area contributed by atoms with E-state index in [1.807, 2.05) is 0 Å².